The van der Waals surface area contributed by atoms with Gasteiger partial charge in [-0.2, -0.15) is 9.78 Å². The quantitative estimate of drug-likeness (QED) is 0.280. The zero-order valence-corrected chi connectivity index (χ0v) is 21.5. The molecule has 4 aromatic rings. The third-order valence-corrected chi connectivity index (χ3v) is 7.44. The Labute approximate surface area is 208 Å². The van der Waals surface area contributed by atoms with Crippen LogP contribution in [0, 0.1) is 20.8 Å². The molecule has 0 unspecified atom stereocenters. The van der Waals surface area contributed by atoms with Crippen LogP contribution in [0.1, 0.15) is 66.4 Å². The topological polar surface area (TPSA) is 52.2 Å². The fraction of sp³-hybridized carbons (Fsp3) is 0.321. The third kappa shape index (κ3) is 4.16. The molecule has 1 aliphatic rings. The predicted molar refractivity (Wildman–Crippen MR) is 143 cm³/mol. The van der Waals surface area contributed by atoms with Crippen LogP contribution in [0.5, 0.6) is 0 Å². The molecule has 2 aromatic heterocycles. The minimum Gasteiger partial charge on any atom is -0.318 e. The Bertz CT molecular complexity index is 1460. The van der Waals surface area contributed by atoms with E-state index in [0.29, 0.717) is 5.39 Å². The molecular weight excluding hydrogens is 488 g/mol. The molecule has 174 valence electrons. The highest BCUT2D eigenvalue weighted by Gasteiger charge is 2.22. The van der Waals surface area contributed by atoms with Crippen LogP contribution in [-0.4, -0.2) is 20.4 Å². The summed E-state index contributed by atoms with van der Waals surface area (Å²) in [7, 11) is 0. The summed E-state index contributed by atoms with van der Waals surface area (Å²) in [5.41, 5.74) is 6.22. The van der Waals surface area contributed by atoms with E-state index in [9.17, 15) is 4.79 Å². The first-order chi connectivity index (χ1) is 16.4. The minimum atomic E-state index is -0.115. The van der Waals surface area contributed by atoms with Crippen molar-refractivity contribution in [3.63, 3.8) is 0 Å². The highest BCUT2D eigenvalue weighted by atomic mass is 79.9. The number of fused-ring (bicyclic) bond motifs is 1. The van der Waals surface area contributed by atoms with E-state index >= 15 is 0 Å². The van der Waals surface area contributed by atoms with E-state index in [-0.39, 0.29) is 11.5 Å². The van der Waals surface area contributed by atoms with Crippen LogP contribution in [-0.2, 0) is 0 Å². The van der Waals surface area contributed by atoms with Crippen LogP contribution in [0.2, 0.25) is 0 Å². The monoisotopic (exact) mass is 516 g/mol. The molecule has 1 fully saturated rings. The van der Waals surface area contributed by atoms with Gasteiger partial charge in [0.2, 0.25) is 0 Å². The Hall–Kier alpha value is -2.99. The van der Waals surface area contributed by atoms with Crippen LogP contribution >= 0.6 is 15.9 Å². The summed E-state index contributed by atoms with van der Waals surface area (Å²) in [6.07, 6.45) is 7.49. The first-order valence-electron chi connectivity index (χ1n) is 12.0. The number of rotatable bonds is 4. The van der Waals surface area contributed by atoms with Crippen molar-refractivity contribution in [1.82, 2.24) is 14.2 Å². The van der Waals surface area contributed by atoms with Crippen LogP contribution < -0.4 is 5.56 Å². The smallest absolute Gasteiger partial charge is 0.282 e. The van der Waals surface area contributed by atoms with E-state index in [0.717, 1.165) is 51.3 Å². The summed E-state index contributed by atoms with van der Waals surface area (Å²) >= 11 is 3.49. The molecule has 0 saturated heterocycles. The van der Waals surface area contributed by atoms with Crippen LogP contribution in [0.4, 0.5) is 0 Å². The van der Waals surface area contributed by atoms with E-state index in [1.54, 1.807) is 4.68 Å². The first-order valence-corrected chi connectivity index (χ1v) is 12.7. The molecule has 34 heavy (non-hydrogen) atoms. The maximum absolute atomic E-state index is 13.6. The van der Waals surface area contributed by atoms with Crippen molar-refractivity contribution in [2.75, 3.05) is 0 Å². The maximum atomic E-state index is 13.6. The average Bonchev–Trinajstić information content (AvgIpc) is 3.12. The lowest BCUT2D eigenvalue weighted by molar-refractivity contribution is 0.416. The van der Waals surface area contributed by atoms with Crippen molar-refractivity contribution in [3.8, 4) is 5.69 Å². The molecule has 1 aliphatic carbocycles. The third-order valence-electron chi connectivity index (χ3n) is 6.94. The van der Waals surface area contributed by atoms with Gasteiger partial charge < -0.3 is 4.57 Å². The Kier molecular flexibility index (Phi) is 6.26. The van der Waals surface area contributed by atoms with Crippen LogP contribution in [0.15, 0.2) is 62.9 Å². The number of hydrogen-bond donors (Lipinski definition) is 0. The first kappa shape index (κ1) is 22.8. The predicted octanol–water partition coefficient (Wildman–Crippen LogP) is 6.80. The van der Waals surface area contributed by atoms with Gasteiger partial charge in [0.25, 0.3) is 5.56 Å². The molecular formula is C28H29BrN4O. The molecule has 0 radical (unpaired) electrons. The van der Waals surface area contributed by atoms with Crippen molar-refractivity contribution in [2.45, 2.75) is 58.8 Å². The van der Waals surface area contributed by atoms with Crippen molar-refractivity contribution in [3.05, 3.63) is 91.7 Å². The summed E-state index contributed by atoms with van der Waals surface area (Å²) in [6.45, 7) is 6.32. The van der Waals surface area contributed by atoms with Gasteiger partial charge in [0.15, 0.2) is 0 Å². The lowest BCUT2D eigenvalue weighted by Gasteiger charge is -2.22. The molecule has 6 heteroatoms. The van der Waals surface area contributed by atoms with E-state index in [2.05, 4.69) is 71.6 Å². The second kappa shape index (κ2) is 9.34. The highest BCUT2D eigenvalue weighted by molar-refractivity contribution is 9.10. The van der Waals surface area contributed by atoms with E-state index in [1.165, 1.54) is 24.8 Å². The number of halogens is 1. The highest BCUT2D eigenvalue weighted by Crippen LogP contribution is 2.32. The SMILES string of the molecule is Cc1ccccc1-n1c(C)cc(C=Nn2c(C3CCCCC3)nc3ccc(Br)cc3c2=O)c1C. The molecule has 5 nitrogen and oxygen atoms in total. The average molecular weight is 517 g/mol. The molecule has 5 rings (SSSR count). The Balaban J connectivity index is 1.63. The number of aryl methyl sites for hydroxylation is 2. The van der Waals surface area contributed by atoms with Crippen molar-refractivity contribution in [1.29, 1.82) is 0 Å². The maximum Gasteiger partial charge on any atom is 0.282 e. The lowest BCUT2D eigenvalue weighted by atomic mass is 9.88. The zero-order chi connectivity index (χ0) is 23.8. The van der Waals surface area contributed by atoms with Gasteiger partial charge >= 0.3 is 0 Å². The number of aromatic nitrogens is 3. The number of para-hydroxylation sites is 1. The summed E-state index contributed by atoms with van der Waals surface area (Å²) in [5, 5.41) is 5.33. The summed E-state index contributed by atoms with van der Waals surface area (Å²) < 4.78 is 4.66. The molecule has 0 spiro atoms. The number of benzene rings is 2. The zero-order valence-electron chi connectivity index (χ0n) is 19.9. The fourth-order valence-corrected chi connectivity index (χ4v) is 5.49. The number of hydrogen-bond acceptors (Lipinski definition) is 3. The lowest BCUT2D eigenvalue weighted by Crippen LogP contribution is -2.25. The molecule has 0 bridgehead atoms. The van der Waals surface area contributed by atoms with Gasteiger partial charge in [-0.1, -0.05) is 53.4 Å². The van der Waals surface area contributed by atoms with E-state index < -0.39 is 0 Å². The van der Waals surface area contributed by atoms with Gasteiger partial charge in [0, 0.05) is 33.0 Å². The largest absolute Gasteiger partial charge is 0.318 e. The molecule has 1 saturated carbocycles. The summed E-state index contributed by atoms with van der Waals surface area (Å²) in [4.78, 5) is 18.5. The van der Waals surface area contributed by atoms with Gasteiger partial charge in [-0.05, 0) is 69.5 Å². The molecule has 0 atom stereocenters. The molecule has 0 amide bonds. The standard InChI is InChI=1S/C28H29BrN4O/c1-18-9-7-8-12-26(18)32-19(2)15-22(20(32)3)17-30-33-27(21-10-5-4-6-11-21)31-25-14-13-23(29)16-24(25)28(33)34/h7-9,12-17,21H,4-6,10-11H2,1-3H3. The van der Waals surface area contributed by atoms with Crippen LogP contribution in [0.25, 0.3) is 16.6 Å². The summed E-state index contributed by atoms with van der Waals surface area (Å²) in [5.74, 6) is 1.04. The number of nitrogens with zero attached hydrogens (tertiary/aromatic N) is 4. The van der Waals surface area contributed by atoms with Gasteiger partial charge in [0.1, 0.15) is 5.82 Å². The van der Waals surface area contributed by atoms with Gasteiger partial charge in [0.05, 0.1) is 17.1 Å². The minimum absolute atomic E-state index is 0.115. The van der Waals surface area contributed by atoms with Crippen molar-refractivity contribution in [2.24, 2.45) is 5.10 Å². The molecule has 0 N–H and O–H groups in total. The Morgan fingerprint density at radius 1 is 1.03 bits per heavy atom. The molecule has 2 heterocycles. The van der Waals surface area contributed by atoms with Gasteiger partial charge in [-0.15, -0.1) is 0 Å². The van der Waals surface area contributed by atoms with E-state index in [4.69, 9.17) is 10.1 Å². The Morgan fingerprint density at radius 2 is 1.79 bits per heavy atom. The second-order valence-electron chi connectivity index (χ2n) is 9.28. The second-order valence-corrected chi connectivity index (χ2v) is 10.2. The van der Waals surface area contributed by atoms with Crippen molar-refractivity contribution < 1.29 is 0 Å². The van der Waals surface area contributed by atoms with Gasteiger partial charge in [-0.3, -0.25) is 4.79 Å². The van der Waals surface area contributed by atoms with E-state index in [1.807, 2.05) is 24.4 Å². The molecule has 0 aliphatic heterocycles. The van der Waals surface area contributed by atoms with Crippen molar-refractivity contribution >= 4 is 33.0 Å². The Morgan fingerprint density at radius 3 is 2.56 bits per heavy atom. The normalized spacial score (nSPS) is 14.9. The summed E-state index contributed by atoms with van der Waals surface area (Å²) in [6, 6.07) is 16.2. The van der Waals surface area contributed by atoms with Gasteiger partial charge in [-0.25, -0.2) is 4.98 Å². The molecule has 2 aromatic carbocycles. The van der Waals surface area contributed by atoms with Crippen LogP contribution in [0.3, 0.4) is 0 Å². The fourth-order valence-electron chi connectivity index (χ4n) is 5.13.